The Hall–Kier alpha value is -1.79. The molecule has 0 saturated heterocycles. The third-order valence-corrected chi connectivity index (χ3v) is 4.43. The van der Waals surface area contributed by atoms with E-state index in [2.05, 4.69) is 4.98 Å². The SMILES string of the molecule is NC(CS(=O)(=O)c1ccc(F)cc1)c1ccccn1. The van der Waals surface area contributed by atoms with Crippen molar-refractivity contribution in [2.75, 3.05) is 5.75 Å². The van der Waals surface area contributed by atoms with E-state index in [1.54, 1.807) is 24.4 Å². The maximum Gasteiger partial charge on any atom is 0.180 e. The molecule has 2 rings (SSSR count). The Labute approximate surface area is 111 Å². The average molecular weight is 280 g/mol. The summed E-state index contributed by atoms with van der Waals surface area (Å²) in [5.74, 6) is -0.747. The maximum absolute atomic E-state index is 12.8. The number of hydrogen-bond acceptors (Lipinski definition) is 4. The van der Waals surface area contributed by atoms with Gasteiger partial charge in [-0.25, -0.2) is 12.8 Å². The molecule has 0 fully saturated rings. The first-order valence-electron chi connectivity index (χ1n) is 5.64. The van der Waals surface area contributed by atoms with Crippen molar-refractivity contribution in [1.29, 1.82) is 0 Å². The molecule has 1 atom stereocenters. The summed E-state index contributed by atoms with van der Waals surface area (Å²) in [6, 6.07) is 9.11. The van der Waals surface area contributed by atoms with Gasteiger partial charge in [0.05, 0.1) is 22.4 Å². The summed E-state index contributed by atoms with van der Waals surface area (Å²) in [7, 11) is -3.56. The van der Waals surface area contributed by atoms with E-state index in [1.165, 1.54) is 12.1 Å². The first kappa shape index (κ1) is 13.6. The molecule has 0 aliphatic rings. The molecule has 2 aromatic rings. The number of nitrogens with zero attached hydrogens (tertiary/aromatic N) is 1. The van der Waals surface area contributed by atoms with Crippen LogP contribution in [-0.2, 0) is 9.84 Å². The van der Waals surface area contributed by atoms with Gasteiger partial charge < -0.3 is 5.73 Å². The van der Waals surface area contributed by atoms with Crippen molar-refractivity contribution in [3.8, 4) is 0 Å². The van der Waals surface area contributed by atoms with Gasteiger partial charge in [0.2, 0.25) is 0 Å². The first-order valence-corrected chi connectivity index (χ1v) is 7.29. The second-order valence-electron chi connectivity index (χ2n) is 4.10. The molecule has 1 aromatic carbocycles. The third kappa shape index (κ3) is 3.36. The Balaban J connectivity index is 2.20. The molecule has 0 amide bonds. The molecule has 1 unspecified atom stereocenters. The highest BCUT2D eigenvalue weighted by Crippen LogP contribution is 2.17. The zero-order valence-electron chi connectivity index (χ0n) is 10.0. The van der Waals surface area contributed by atoms with Crippen LogP contribution in [0.15, 0.2) is 53.6 Å². The van der Waals surface area contributed by atoms with Crippen LogP contribution in [0.2, 0.25) is 0 Å². The molecule has 2 N–H and O–H groups in total. The summed E-state index contributed by atoms with van der Waals surface area (Å²) >= 11 is 0. The molecule has 1 aromatic heterocycles. The van der Waals surface area contributed by atoms with Crippen molar-refractivity contribution in [1.82, 2.24) is 4.98 Å². The van der Waals surface area contributed by atoms with Crippen LogP contribution in [-0.4, -0.2) is 19.2 Å². The van der Waals surface area contributed by atoms with Crippen LogP contribution in [0.25, 0.3) is 0 Å². The summed E-state index contributed by atoms with van der Waals surface area (Å²) < 4.78 is 37.0. The van der Waals surface area contributed by atoms with Gasteiger partial charge in [-0.15, -0.1) is 0 Å². The second-order valence-corrected chi connectivity index (χ2v) is 6.13. The van der Waals surface area contributed by atoms with E-state index >= 15 is 0 Å². The zero-order chi connectivity index (χ0) is 13.9. The van der Waals surface area contributed by atoms with Gasteiger partial charge in [-0.05, 0) is 36.4 Å². The fraction of sp³-hybridized carbons (Fsp3) is 0.154. The second kappa shape index (κ2) is 5.46. The predicted molar refractivity (Wildman–Crippen MR) is 69.6 cm³/mol. The number of sulfone groups is 1. The molecule has 19 heavy (non-hydrogen) atoms. The molecule has 1 heterocycles. The Morgan fingerprint density at radius 1 is 1.16 bits per heavy atom. The van der Waals surface area contributed by atoms with Crippen LogP contribution < -0.4 is 5.73 Å². The fourth-order valence-corrected chi connectivity index (χ4v) is 3.04. The van der Waals surface area contributed by atoms with Crippen molar-refractivity contribution in [2.24, 2.45) is 5.73 Å². The van der Waals surface area contributed by atoms with Crippen molar-refractivity contribution in [2.45, 2.75) is 10.9 Å². The van der Waals surface area contributed by atoms with E-state index in [1.807, 2.05) is 0 Å². The van der Waals surface area contributed by atoms with E-state index in [9.17, 15) is 12.8 Å². The molecule has 0 aliphatic heterocycles. The number of hydrogen-bond donors (Lipinski definition) is 1. The first-order chi connectivity index (χ1) is 8.99. The van der Waals surface area contributed by atoms with Crippen LogP contribution in [0.1, 0.15) is 11.7 Å². The van der Waals surface area contributed by atoms with Gasteiger partial charge in [0, 0.05) is 6.20 Å². The number of halogens is 1. The topological polar surface area (TPSA) is 73.1 Å². The van der Waals surface area contributed by atoms with Crippen LogP contribution >= 0.6 is 0 Å². The number of aromatic nitrogens is 1. The molecule has 6 heteroatoms. The minimum Gasteiger partial charge on any atom is -0.322 e. The normalized spacial score (nSPS) is 13.2. The minimum absolute atomic E-state index is 0.0558. The van der Waals surface area contributed by atoms with Gasteiger partial charge in [0.25, 0.3) is 0 Å². The summed E-state index contributed by atoms with van der Waals surface area (Å²) in [6.07, 6.45) is 1.56. The monoisotopic (exact) mass is 280 g/mol. The molecular weight excluding hydrogens is 267 g/mol. The van der Waals surface area contributed by atoms with E-state index in [0.29, 0.717) is 5.69 Å². The van der Waals surface area contributed by atoms with Gasteiger partial charge >= 0.3 is 0 Å². The molecular formula is C13H13FN2O2S. The standard InChI is InChI=1S/C13H13FN2O2S/c14-10-4-6-11(7-5-10)19(17,18)9-12(15)13-3-1-2-8-16-13/h1-8,12H,9,15H2. The van der Waals surface area contributed by atoms with Crippen LogP contribution in [0.3, 0.4) is 0 Å². The van der Waals surface area contributed by atoms with Gasteiger partial charge in [0.15, 0.2) is 9.84 Å². The Morgan fingerprint density at radius 3 is 2.42 bits per heavy atom. The Kier molecular flexibility index (Phi) is 3.92. The third-order valence-electron chi connectivity index (χ3n) is 2.64. The summed E-state index contributed by atoms with van der Waals surface area (Å²) in [4.78, 5) is 4.08. The Morgan fingerprint density at radius 2 is 1.84 bits per heavy atom. The predicted octanol–water partition coefficient (Wildman–Crippen LogP) is 1.69. The Bertz CT molecular complexity index is 642. The highest BCUT2D eigenvalue weighted by molar-refractivity contribution is 7.91. The summed E-state index contributed by atoms with van der Waals surface area (Å²) in [5, 5.41) is 0. The molecule has 0 saturated carbocycles. The lowest BCUT2D eigenvalue weighted by Crippen LogP contribution is -2.22. The lowest BCUT2D eigenvalue weighted by Gasteiger charge is -2.11. The van der Waals surface area contributed by atoms with E-state index in [-0.39, 0.29) is 10.6 Å². The quantitative estimate of drug-likeness (QED) is 0.865. The summed E-state index contributed by atoms with van der Waals surface area (Å²) in [5.41, 5.74) is 6.34. The molecule has 0 radical (unpaired) electrons. The van der Waals surface area contributed by atoms with Crippen molar-refractivity contribution < 1.29 is 12.8 Å². The minimum atomic E-state index is -3.56. The lowest BCUT2D eigenvalue weighted by molar-refractivity contribution is 0.586. The van der Waals surface area contributed by atoms with Gasteiger partial charge in [0.1, 0.15) is 5.82 Å². The van der Waals surface area contributed by atoms with Crippen molar-refractivity contribution in [3.05, 3.63) is 60.2 Å². The maximum atomic E-state index is 12.8. The molecule has 100 valence electrons. The summed E-state index contributed by atoms with van der Waals surface area (Å²) in [6.45, 7) is 0. The average Bonchev–Trinajstić information content (AvgIpc) is 2.40. The van der Waals surface area contributed by atoms with Crippen molar-refractivity contribution in [3.63, 3.8) is 0 Å². The highest BCUT2D eigenvalue weighted by atomic mass is 32.2. The lowest BCUT2D eigenvalue weighted by atomic mass is 10.2. The van der Waals surface area contributed by atoms with Crippen LogP contribution in [0.4, 0.5) is 4.39 Å². The van der Waals surface area contributed by atoms with E-state index in [0.717, 1.165) is 12.1 Å². The largest absolute Gasteiger partial charge is 0.322 e. The molecule has 0 aliphatic carbocycles. The fourth-order valence-electron chi connectivity index (χ4n) is 1.66. The van der Waals surface area contributed by atoms with Crippen molar-refractivity contribution >= 4 is 9.84 Å². The molecule has 0 bridgehead atoms. The van der Waals surface area contributed by atoms with E-state index in [4.69, 9.17) is 5.73 Å². The smallest absolute Gasteiger partial charge is 0.180 e. The number of pyridine rings is 1. The van der Waals surface area contributed by atoms with Crippen LogP contribution in [0, 0.1) is 5.82 Å². The van der Waals surface area contributed by atoms with Crippen LogP contribution in [0.5, 0.6) is 0 Å². The number of rotatable bonds is 4. The molecule has 4 nitrogen and oxygen atoms in total. The highest BCUT2D eigenvalue weighted by Gasteiger charge is 2.20. The van der Waals surface area contributed by atoms with E-state index < -0.39 is 21.7 Å². The van der Waals surface area contributed by atoms with Gasteiger partial charge in [-0.2, -0.15) is 0 Å². The van der Waals surface area contributed by atoms with Gasteiger partial charge in [-0.1, -0.05) is 6.07 Å². The van der Waals surface area contributed by atoms with Gasteiger partial charge in [-0.3, -0.25) is 4.98 Å². The zero-order valence-corrected chi connectivity index (χ0v) is 10.8. The number of benzene rings is 1. The number of nitrogens with two attached hydrogens (primary N) is 1. The molecule has 0 spiro atoms.